The maximum absolute atomic E-state index is 11.0. The lowest BCUT2D eigenvalue weighted by atomic mass is 10.3. The molecule has 2 aromatic rings. The molecule has 1 heterocycles. The number of ether oxygens (including phenoxy) is 2. The number of anilines is 1. The van der Waals surface area contributed by atoms with Crippen LogP contribution in [0, 0.1) is 0 Å². The van der Waals surface area contributed by atoms with Crippen LogP contribution in [0.2, 0.25) is 0 Å². The summed E-state index contributed by atoms with van der Waals surface area (Å²) in [7, 11) is 1.34. The molecule has 1 aromatic carbocycles. The standard InChI is InChI=1S/C15H18N2O3S/c1-3-14-17-9-13(21-14)8-16-11-4-6-12(7-5-11)20-10-15(18)19-2/h4-7,9,16H,3,8,10H2,1-2H3. The second-order valence-corrected chi connectivity index (χ2v) is 5.52. The molecule has 0 unspecified atom stereocenters. The third-order valence-electron chi connectivity index (χ3n) is 2.81. The first-order valence-corrected chi connectivity index (χ1v) is 7.50. The van der Waals surface area contributed by atoms with Crippen LogP contribution in [-0.4, -0.2) is 24.7 Å². The van der Waals surface area contributed by atoms with E-state index in [-0.39, 0.29) is 6.61 Å². The molecule has 5 nitrogen and oxygen atoms in total. The largest absolute Gasteiger partial charge is 0.482 e. The van der Waals surface area contributed by atoms with Crippen LogP contribution < -0.4 is 10.1 Å². The average Bonchev–Trinajstić information content (AvgIpc) is 2.99. The van der Waals surface area contributed by atoms with Gasteiger partial charge >= 0.3 is 5.97 Å². The van der Waals surface area contributed by atoms with E-state index < -0.39 is 5.97 Å². The molecule has 6 heteroatoms. The lowest BCUT2D eigenvalue weighted by Gasteiger charge is -2.07. The maximum atomic E-state index is 11.0. The molecule has 112 valence electrons. The van der Waals surface area contributed by atoms with E-state index in [1.165, 1.54) is 12.0 Å². The zero-order valence-corrected chi connectivity index (χ0v) is 12.9. The van der Waals surface area contributed by atoms with Crippen molar-refractivity contribution in [3.8, 4) is 5.75 Å². The molecular weight excluding hydrogens is 288 g/mol. The topological polar surface area (TPSA) is 60.5 Å². The number of aromatic nitrogens is 1. The Kier molecular flexibility index (Phi) is 5.57. The zero-order chi connectivity index (χ0) is 15.1. The molecular formula is C15H18N2O3S. The fourth-order valence-electron chi connectivity index (χ4n) is 1.65. The summed E-state index contributed by atoms with van der Waals surface area (Å²) in [6.07, 6.45) is 2.88. The molecule has 0 bridgehead atoms. The van der Waals surface area contributed by atoms with Crippen LogP contribution in [0.3, 0.4) is 0 Å². The fraction of sp³-hybridized carbons (Fsp3) is 0.333. The number of esters is 1. The summed E-state index contributed by atoms with van der Waals surface area (Å²) in [6.45, 7) is 2.77. The number of nitrogens with zero attached hydrogens (tertiary/aromatic N) is 1. The van der Waals surface area contributed by atoms with Crippen molar-refractivity contribution in [2.75, 3.05) is 19.0 Å². The van der Waals surface area contributed by atoms with Crippen LogP contribution in [0.25, 0.3) is 0 Å². The van der Waals surface area contributed by atoms with Gasteiger partial charge < -0.3 is 14.8 Å². The van der Waals surface area contributed by atoms with Crippen molar-refractivity contribution in [2.24, 2.45) is 0 Å². The van der Waals surface area contributed by atoms with Gasteiger partial charge in [-0.2, -0.15) is 0 Å². The molecule has 0 saturated carbocycles. The number of nitrogens with one attached hydrogen (secondary N) is 1. The van der Waals surface area contributed by atoms with Gasteiger partial charge in [-0.15, -0.1) is 11.3 Å². The number of benzene rings is 1. The van der Waals surface area contributed by atoms with Crippen molar-refractivity contribution < 1.29 is 14.3 Å². The normalized spacial score (nSPS) is 10.2. The van der Waals surface area contributed by atoms with E-state index in [1.54, 1.807) is 11.3 Å². The molecule has 1 aromatic heterocycles. The van der Waals surface area contributed by atoms with Gasteiger partial charge in [-0.25, -0.2) is 9.78 Å². The second kappa shape index (κ2) is 7.64. The van der Waals surface area contributed by atoms with Crippen LogP contribution in [0.4, 0.5) is 5.69 Å². The van der Waals surface area contributed by atoms with Gasteiger partial charge in [0.15, 0.2) is 6.61 Å². The summed E-state index contributed by atoms with van der Waals surface area (Å²) in [5, 5.41) is 4.48. The summed E-state index contributed by atoms with van der Waals surface area (Å²) in [6, 6.07) is 7.45. The highest BCUT2D eigenvalue weighted by molar-refractivity contribution is 7.11. The Hall–Kier alpha value is -2.08. The number of rotatable bonds is 7. The van der Waals surface area contributed by atoms with E-state index in [1.807, 2.05) is 30.5 Å². The van der Waals surface area contributed by atoms with Crippen LogP contribution >= 0.6 is 11.3 Å². The highest BCUT2D eigenvalue weighted by Gasteiger charge is 2.03. The minimum absolute atomic E-state index is 0.0794. The van der Waals surface area contributed by atoms with E-state index in [2.05, 4.69) is 22.0 Å². The van der Waals surface area contributed by atoms with E-state index in [4.69, 9.17) is 4.74 Å². The summed E-state index contributed by atoms with van der Waals surface area (Å²) < 4.78 is 9.80. The molecule has 0 atom stereocenters. The van der Waals surface area contributed by atoms with Crippen molar-refractivity contribution in [1.82, 2.24) is 4.98 Å². The Morgan fingerprint density at radius 1 is 1.33 bits per heavy atom. The predicted octanol–water partition coefficient (Wildman–Crippen LogP) is 2.87. The van der Waals surface area contributed by atoms with E-state index in [9.17, 15) is 4.79 Å². The van der Waals surface area contributed by atoms with Gasteiger partial charge in [0.25, 0.3) is 0 Å². The lowest BCUT2D eigenvalue weighted by molar-refractivity contribution is -0.142. The smallest absolute Gasteiger partial charge is 0.343 e. The molecule has 0 saturated heterocycles. The molecule has 0 spiro atoms. The number of hydrogen-bond donors (Lipinski definition) is 1. The maximum Gasteiger partial charge on any atom is 0.343 e. The number of methoxy groups -OCH3 is 1. The molecule has 1 N–H and O–H groups in total. The highest BCUT2D eigenvalue weighted by Crippen LogP contribution is 2.18. The Balaban J connectivity index is 1.83. The summed E-state index contributed by atoms with van der Waals surface area (Å²) in [4.78, 5) is 16.5. The van der Waals surface area contributed by atoms with Gasteiger partial charge in [-0.05, 0) is 30.7 Å². The predicted molar refractivity (Wildman–Crippen MR) is 82.8 cm³/mol. The van der Waals surface area contributed by atoms with Gasteiger partial charge in [-0.3, -0.25) is 0 Å². The SMILES string of the molecule is CCc1ncc(CNc2ccc(OCC(=O)OC)cc2)s1. The lowest BCUT2D eigenvalue weighted by Crippen LogP contribution is -2.12. The van der Waals surface area contributed by atoms with Gasteiger partial charge in [0.2, 0.25) is 0 Å². The Bertz CT molecular complexity index is 581. The molecule has 21 heavy (non-hydrogen) atoms. The molecule has 0 radical (unpaired) electrons. The second-order valence-electron chi connectivity index (χ2n) is 4.32. The van der Waals surface area contributed by atoms with Crippen LogP contribution in [0.15, 0.2) is 30.5 Å². The third kappa shape index (κ3) is 4.75. The van der Waals surface area contributed by atoms with Crippen LogP contribution in [0.5, 0.6) is 5.75 Å². The average molecular weight is 306 g/mol. The van der Waals surface area contributed by atoms with Crippen LogP contribution in [0.1, 0.15) is 16.8 Å². The van der Waals surface area contributed by atoms with Crippen LogP contribution in [-0.2, 0) is 22.5 Å². The summed E-state index contributed by atoms with van der Waals surface area (Å²) in [5.41, 5.74) is 0.992. The first-order valence-electron chi connectivity index (χ1n) is 6.68. The first kappa shape index (κ1) is 15.3. The summed E-state index contributed by atoms with van der Waals surface area (Å²) in [5.74, 6) is 0.242. The molecule has 2 rings (SSSR count). The van der Waals surface area contributed by atoms with Crippen molar-refractivity contribution in [3.05, 3.63) is 40.3 Å². The van der Waals surface area contributed by atoms with Gasteiger partial charge in [0.05, 0.1) is 18.7 Å². The molecule has 0 aliphatic carbocycles. The molecule has 0 amide bonds. The van der Waals surface area contributed by atoms with E-state index >= 15 is 0 Å². The Labute approximate surface area is 127 Å². The molecule has 0 aliphatic rings. The van der Waals surface area contributed by atoms with Gasteiger partial charge in [0.1, 0.15) is 5.75 Å². The third-order valence-corrected chi connectivity index (χ3v) is 3.95. The Morgan fingerprint density at radius 3 is 2.71 bits per heavy atom. The van der Waals surface area contributed by atoms with Crippen molar-refractivity contribution in [1.29, 1.82) is 0 Å². The first-order chi connectivity index (χ1) is 10.2. The minimum Gasteiger partial charge on any atom is -0.482 e. The highest BCUT2D eigenvalue weighted by atomic mass is 32.1. The number of aryl methyl sites for hydroxylation is 1. The number of carbonyl (C=O) groups excluding carboxylic acids is 1. The van der Waals surface area contributed by atoms with Gasteiger partial charge in [-0.1, -0.05) is 6.92 Å². The van der Waals surface area contributed by atoms with E-state index in [0.717, 1.165) is 23.7 Å². The van der Waals surface area contributed by atoms with Crippen molar-refractivity contribution >= 4 is 23.0 Å². The minimum atomic E-state index is -0.394. The zero-order valence-electron chi connectivity index (χ0n) is 12.1. The fourth-order valence-corrected chi connectivity index (χ4v) is 2.45. The van der Waals surface area contributed by atoms with Crippen molar-refractivity contribution in [3.63, 3.8) is 0 Å². The molecule has 0 aliphatic heterocycles. The summed E-state index contributed by atoms with van der Waals surface area (Å²) >= 11 is 1.72. The monoisotopic (exact) mass is 306 g/mol. The van der Waals surface area contributed by atoms with Crippen molar-refractivity contribution in [2.45, 2.75) is 19.9 Å². The number of hydrogen-bond acceptors (Lipinski definition) is 6. The quantitative estimate of drug-likeness (QED) is 0.797. The molecule has 0 fully saturated rings. The number of carbonyl (C=O) groups is 1. The van der Waals surface area contributed by atoms with Gasteiger partial charge in [0, 0.05) is 16.8 Å². The Morgan fingerprint density at radius 2 is 2.10 bits per heavy atom. The van der Waals surface area contributed by atoms with E-state index in [0.29, 0.717) is 5.75 Å². The number of thiazole rings is 1.